The highest BCUT2D eigenvalue weighted by Gasteiger charge is 2.22. The molecule has 1 fully saturated rings. The normalized spacial score (nSPS) is 14.0. The molecule has 162 valence electrons. The van der Waals surface area contributed by atoms with Crippen molar-refractivity contribution in [3.05, 3.63) is 58.9 Å². The maximum Gasteiger partial charge on any atom is 0.234 e. The van der Waals surface area contributed by atoms with Crippen LogP contribution in [0.25, 0.3) is 5.69 Å². The summed E-state index contributed by atoms with van der Waals surface area (Å²) >= 11 is 7.36. The van der Waals surface area contributed by atoms with Crippen molar-refractivity contribution in [3.8, 4) is 5.69 Å². The predicted octanol–water partition coefficient (Wildman–Crippen LogP) is 3.94. The molecule has 2 heterocycles. The van der Waals surface area contributed by atoms with Gasteiger partial charge in [-0.05, 0) is 42.8 Å². The van der Waals surface area contributed by atoms with Crippen LogP contribution in [-0.2, 0) is 9.53 Å². The standard InChI is InChI=1S/C21H21ClFN5O2S/c1-14-17(22)6-3-7-18(14)24-19(29)13-31-21-26-25-20(27-8-10-30-11-9-27)28(21)16-5-2-4-15(23)12-16/h2-7,12H,8-11,13H2,1H3,(H,24,29). The fourth-order valence-electron chi connectivity index (χ4n) is 3.22. The second kappa shape index (κ2) is 9.67. The smallest absolute Gasteiger partial charge is 0.234 e. The van der Waals surface area contributed by atoms with E-state index >= 15 is 0 Å². The molecule has 1 aliphatic rings. The third-order valence-corrected chi connectivity index (χ3v) is 6.19. The van der Waals surface area contributed by atoms with Crippen LogP contribution in [0, 0.1) is 12.7 Å². The molecular formula is C21H21ClFN5O2S. The minimum absolute atomic E-state index is 0.114. The lowest BCUT2D eigenvalue weighted by molar-refractivity contribution is -0.113. The van der Waals surface area contributed by atoms with Gasteiger partial charge in [0.05, 0.1) is 24.7 Å². The Morgan fingerprint density at radius 1 is 1.23 bits per heavy atom. The fourth-order valence-corrected chi connectivity index (χ4v) is 4.15. The Balaban J connectivity index is 1.55. The molecule has 0 unspecified atom stereocenters. The second-order valence-corrected chi connectivity index (χ2v) is 8.30. The topological polar surface area (TPSA) is 72.3 Å². The number of anilines is 2. The zero-order chi connectivity index (χ0) is 21.8. The molecule has 7 nitrogen and oxygen atoms in total. The number of carbonyl (C=O) groups excluding carboxylic acids is 1. The first-order valence-electron chi connectivity index (χ1n) is 9.75. The van der Waals surface area contributed by atoms with E-state index in [0.717, 1.165) is 5.56 Å². The van der Waals surface area contributed by atoms with Crippen LogP contribution in [0.15, 0.2) is 47.6 Å². The number of rotatable bonds is 6. The van der Waals surface area contributed by atoms with Crippen LogP contribution in [0.1, 0.15) is 5.56 Å². The first-order chi connectivity index (χ1) is 15.0. The van der Waals surface area contributed by atoms with Crippen LogP contribution in [0.5, 0.6) is 0 Å². The quantitative estimate of drug-likeness (QED) is 0.561. The molecule has 0 spiro atoms. The molecule has 10 heteroatoms. The van der Waals surface area contributed by atoms with Crippen molar-refractivity contribution >= 4 is 40.9 Å². The number of carbonyl (C=O) groups is 1. The van der Waals surface area contributed by atoms with Crippen LogP contribution in [-0.4, -0.2) is 52.7 Å². The number of ether oxygens (including phenoxy) is 1. The molecule has 0 atom stereocenters. The summed E-state index contributed by atoms with van der Waals surface area (Å²) in [4.78, 5) is 14.6. The Hall–Kier alpha value is -2.62. The van der Waals surface area contributed by atoms with Crippen molar-refractivity contribution in [3.63, 3.8) is 0 Å². The van der Waals surface area contributed by atoms with E-state index in [1.807, 2.05) is 11.8 Å². The number of nitrogens with zero attached hydrogens (tertiary/aromatic N) is 4. The molecule has 1 amide bonds. The van der Waals surface area contributed by atoms with Gasteiger partial charge in [-0.2, -0.15) is 0 Å². The maximum atomic E-state index is 13.9. The number of benzene rings is 2. The zero-order valence-electron chi connectivity index (χ0n) is 16.8. The van der Waals surface area contributed by atoms with E-state index in [0.29, 0.717) is 53.8 Å². The minimum atomic E-state index is -0.357. The summed E-state index contributed by atoms with van der Waals surface area (Å²) in [5, 5.41) is 12.6. The van der Waals surface area contributed by atoms with Gasteiger partial charge in [-0.3, -0.25) is 9.36 Å². The van der Waals surface area contributed by atoms with Crippen molar-refractivity contribution in [2.45, 2.75) is 12.1 Å². The predicted molar refractivity (Wildman–Crippen MR) is 120 cm³/mol. The highest BCUT2D eigenvalue weighted by molar-refractivity contribution is 7.99. The Bertz CT molecular complexity index is 1090. The highest BCUT2D eigenvalue weighted by Crippen LogP contribution is 2.28. The van der Waals surface area contributed by atoms with Crippen molar-refractivity contribution in [2.75, 3.05) is 42.3 Å². The number of thioether (sulfide) groups is 1. The lowest BCUT2D eigenvalue weighted by Gasteiger charge is -2.27. The van der Waals surface area contributed by atoms with E-state index in [1.165, 1.54) is 23.9 Å². The van der Waals surface area contributed by atoms with Gasteiger partial charge in [-0.1, -0.05) is 35.5 Å². The number of morpholine rings is 1. The molecule has 31 heavy (non-hydrogen) atoms. The molecule has 1 N–H and O–H groups in total. The summed E-state index contributed by atoms with van der Waals surface area (Å²) in [6.45, 7) is 4.33. The summed E-state index contributed by atoms with van der Waals surface area (Å²) in [6.07, 6.45) is 0. The van der Waals surface area contributed by atoms with Gasteiger partial charge in [0.15, 0.2) is 5.16 Å². The van der Waals surface area contributed by atoms with Crippen LogP contribution in [0.4, 0.5) is 16.0 Å². The van der Waals surface area contributed by atoms with Crippen LogP contribution in [0.2, 0.25) is 5.02 Å². The summed E-state index contributed by atoms with van der Waals surface area (Å²) in [7, 11) is 0. The maximum absolute atomic E-state index is 13.9. The number of hydrogen-bond donors (Lipinski definition) is 1. The second-order valence-electron chi connectivity index (χ2n) is 6.95. The van der Waals surface area contributed by atoms with Gasteiger partial charge >= 0.3 is 0 Å². The average molecular weight is 462 g/mol. The van der Waals surface area contributed by atoms with Crippen LogP contribution in [0.3, 0.4) is 0 Å². The summed E-state index contributed by atoms with van der Waals surface area (Å²) in [6, 6.07) is 11.6. The van der Waals surface area contributed by atoms with E-state index in [-0.39, 0.29) is 17.5 Å². The number of amides is 1. The first kappa shape index (κ1) is 21.6. The van der Waals surface area contributed by atoms with Gasteiger partial charge in [-0.25, -0.2) is 4.39 Å². The van der Waals surface area contributed by atoms with E-state index in [9.17, 15) is 9.18 Å². The zero-order valence-corrected chi connectivity index (χ0v) is 18.4. The Morgan fingerprint density at radius 3 is 2.77 bits per heavy atom. The molecule has 1 saturated heterocycles. The van der Waals surface area contributed by atoms with E-state index in [4.69, 9.17) is 16.3 Å². The summed E-state index contributed by atoms with van der Waals surface area (Å²) in [5.41, 5.74) is 2.07. The van der Waals surface area contributed by atoms with Crippen molar-refractivity contribution in [1.82, 2.24) is 14.8 Å². The molecule has 3 aromatic rings. The number of halogens is 2. The lowest BCUT2D eigenvalue weighted by atomic mass is 10.2. The van der Waals surface area contributed by atoms with Crippen molar-refractivity contribution in [2.24, 2.45) is 0 Å². The largest absolute Gasteiger partial charge is 0.378 e. The Labute approximate surface area is 188 Å². The number of nitrogens with one attached hydrogen (secondary N) is 1. The third-order valence-electron chi connectivity index (χ3n) is 4.85. The van der Waals surface area contributed by atoms with E-state index in [1.54, 1.807) is 34.9 Å². The summed E-state index contributed by atoms with van der Waals surface area (Å²) < 4.78 is 21.1. The van der Waals surface area contributed by atoms with Gasteiger partial charge in [0.2, 0.25) is 11.9 Å². The Kier molecular flexibility index (Phi) is 6.74. The molecule has 1 aromatic heterocycles. The van der Waals surface area contributed by atoms with Gasteiger partial charge < -0.3 is 15.0 Å². The molecule has 2 aromatic carbocycles. The van der Waals surface area contributed by atoms with Gasteiger partial charge in [0.1, 0.15) is 5.82 Å². The molecular weight excluding hydrogens is 441 g/mol. The third kappa shape index (κ3) is 5.00. The van der Waals surface area contributed by atoms with Gasteiger partial charge in [-0.15, -0.1) is 10.2 Å². The molecule has 0 bridgehead atoms. The SMILES string of the molecule is Cc1c(Cl)cccc1NC(=O)CSc1nnc(N2CCOCC2)n1-c1cccc(F)c1. The van der Waals surface area contributed by atoms with Crippen LogP contribution >= 0.6 is 23.4 Å². The molecule has 0 radical (unpaired) electrons. The molecule has 0 saturated carbocycles. The molecule has 0 aliphatic carbocycles. The van der Waals surface area contributed by atoms with E-state index in [2.05, 4.69) is 15.5 Å². The van der Waals surface area contributed by atoms with Crippen LogP contribution < -0.4 is 10.2 Å². The number of aromatic nitrogens is 3. The lowest BCUT2D eigenvalue weighted by Crippen LogP contribution is -2.37. The van der Waals surface area contributed by atoms with E-state index < -0.39 is 0 Å². The van der Waals surface area contributed by atoms with Crippen molar-refractivity contribution in [1.29, 1.82) is 0 Å². The molecule has 1 aliphatic heterocycles. The fraction of sp³-hybridized carbons (Fsp3) is 0.286. The van der Waals surface area contributed by atoms with Gasteiger partial charge in [0.25, 0.3) is 0 Å². The molecule has 4 rings (SSSR count). The first-order valence-corrected chi connectivity index (χ1v) is 11.1. The Morgan fingerprint density at radius 2 is 2.00 bits per heavy atom. The highest BCUT2D eigenvalue weighted by atomic mass is 35.5. The average Bonchev–Trinajstić information content (AvgIpc) is 3.20. The monoisotopic (exact) mass is 461 g/mol. The minimum Gasteiger partial charge on any atom is -0.378 e. The summed E-state index contributed by atoms with van der Waals surface area (Å²) in [5.74, 6) is 0.159. The van der Waals surface area contributed by atoms with Gasteiger partial charge in [0, 0.05) is 23.8 Å². The van der Waals surface area contributed by atoms with Crippen molar-refractivity contribution < 1.29 is 13.9 Å². The number of hydrogen-bond acceptors (Lipinski definition) is 6.